The zero-order valence-corrected chi connectivity index (χ0v) is 10.0. The molecule has 102 valence electrons. The highest BCUT2D eigenvalue weighted by Crippen LogP contribution is 2.14. The third kappa shape index (κ3) is 3.71. The van der Waals surface area contributed by atoms with Crippen molar-refractivity contribution in [2.24, 2.45) is 5.92 Å². The summed E-state index contributed by atoms with van der Waals surface area (Å²) in [5.74, 6) is -1.72. The maximum Gasteiger partial charge on any atom is 0.318 e. The Kier molecular flexibility index (Phi) is 5.60. The molecule has 7 heteroatoms. The van der Waals surface area contributed by atoms with Gasteiger partial charge in [0.05, 0.1) is 25.9 Å². The molecule has 0 bridgehead atoms. The Morgan fingerprint density at radius 1 is 1.50 bits per heavy atom. The minimum absolute atomic E-state index is 0.0989. The number of nitrogens with one attached hydrogen (secondary N) is 1. The number of rotatable bonds is 6. The maximum atomic E-state index is 11.9. The lowest BCUT2D eigenvalue weighted by atomic mass is 10.0. The fourth-order valence-corrected chi connectivity index (χ4v) is 1.74. The van der Waals surface area contributed by atoms with Crippen molar-refractivity contribution in [1.29, 1.82) is 0 Å². The highest BCUT2D eigenvalue weighted by molar-refractivity contribution is 5.77. The second-order valence-electron chi connectivity index (χ2n) is 4.00. The van der Waals surface area contributed by atoms with Crippen molar-refractivity contribution in [3.8, 4) is 0 Å². The van der Waals surface area contributed by atoms with Crippen LogP contribution in [0.5, 0.6) is 0 Å². The van der Waals surface area contributed by atoms with Crippen molar-refractivity contribution in [1.82, 2.24) is 10.2 Å². The highest BCUT2D eigenvalue weighted by atomic mass is 16.5. The molecule has 1 fully saturated rings. The Balaban J connectivity index is 2.56. The van der Waals surface area contributed by atoms with Crippen molar-refractivity contribution in [3.63, 3.8) is 0 Å². The minimum atomic E-state index is -0.991. The van der Waals surface area contributed by atoms with Gasteiger partial charge in [0, 0.05) is 13.1 Å². The third-order valence-corrected chi connectivity index (χ3v) is 2.71. The number of aliphatic hydroxyl groups excluding tert-OH is 1. The molecule has 1 aliphatic heterocycles. The zero-order chi connectivity index (χ0) is 13.5. The standard InChI is InChI=1S/C11H18N2O5/c1-2-3-13(4-5-14)11(17)12-9-7-18-6-8(9)10(15)16/h2,8-9,14H,1,3-7H2,(H,12,17)(H,15,16). The minimum Gasteiger partial charge on any atom is -0.481 e. The number of carboxylic acid groups (broad SMARTS) is 1. The van der Waals surface area contributed by atoms with Crippen LogP contribution < -0.4 is 5.32 Å². The van der Waals surface area contributed by atoms with Gasteiger partial charge in [-0.1, -0.05) is 6.08 Å². The van der Waals surface area contributed by atoms with Crippen LogP contribution in [0.25, 0.3) is 0 Å². The topological polar surface area (TPSA) is 99.1 Å². The molecule has 0 aliphatic carbocycles. The molecule has 1 rings (SSSR count). The van der Waals surface area contributed by atoms with E-state index in [2.05, 4.69) is 11.9 Å². The first-order valence-electron chi connectivity index (χ1n) is 5.68. The first-order valence-corrected chi connectivity index (χ1v) is 5.68. The SMILES string of the molecule is C=CCN(CCO)C(=O)NC1COCC1C(=O)O. The van der Waals surface area contributed by atoms with Crippen LogP contribution >= 0.6 is 0 Å². The van der Waals surface area contributed by atoms with Gasteiger partial charge < -0.3 is 25.2 Å². The number of urea groups is 1. The Morgan fingerprint density at radius 3 is 2.78 bits per heavy atom. The highest BCUT2D eigenvalue weighted by Gasteiger charge is 2.35. The molecule has 2 unspecified atom stereocenters. The van der Waals surface area contributed by atoms with E-state index in [0.717, 1.165) is 0 Å². The van der Waals surface area contributed by atoms with Gasteiger partial charge in [-0.3, -0.25) is 4.79 Å². The van der Waals surface area contributed by atoms with Gasteiger partial charge >= 0.3 is 12.0 Å². The smallest absolute Gasteiger partial charge is 0.318 e. The predicted molar refractivity (Wildman–Crippen MR) is 63.1 cm³/mol. The summed E-state index contributed by atoms with van der Waals surface area (Å²) >= 11 is 0. The quantitative estimate of drug-likeness (QED) is 0.546. The van der Waals surface area contributed by atoms with E-state index in [1.54, 1.807) is 0 Å². The Hall–Kier alpha value is -1.60. The molecule has 7 nitrogen and oxygen atoms in total. The Morgan fingerprint density at radius 2 is 2.22 bits per heavy atom. The number of aliphatic carboxylic acids is 1. The maximum absolute atomic E-state index is 11.9. The van der Waals surface area contributed by atoms with Gasteiger partial charge in [0.15, 0.2) is 0 Å². The van der Waals surface area contributed by atoms with Crippen LogP contribution in [0.1, 0.15) is 0 Å². The molecule has 1 saturated heterocycles. The Labute approximate surface area is 105 Å². The third-order valence-electron chi connectivity index (χ3n) is 2.71. The van der Waals surface area contributed by atoms with Gasteiger partial charge in [0.1, 0.15) is 5.92 Å². The summed E-state index contributed by atoms with van der Waals surface area (Å²) < 4.78 is 5.05. The molecule has 1 aliphatic rings. The molecule has 0 saturated carbocycles. The molecule has 3 N–H and O–H groups in total. The first-order chi connectivity index (χ1) is 8.60. The van der Waals surface area contributed by atoms with Crippen molar-refractivity contribution < 1.29 is 24.5 Å². The number of aliphatic hydroxyl groups is 1. The number of nitrogens with zero attached hydrogens (tertiary/aromatic N) is 1. The fraction of sp³-hybridized carbons (Fsp3) is 0.636. The second-order valence-corrected chi connectivity index (χ2v) is 4.00. The molecule has 2 amide bonds. The van der Waals surface area contributed by atoms with Crippen LogP contribution in [0.3, 0.4) is 0 Å². The fourth-order valence-electron chi connectivity index (χ4n) is 1.74. The molecule has 1 heterocycles. The number of carboxylic acids is 1. The molecular weight excluding hydrogens is 240 g/mol. The summed E-state index contributed by atoms with van der Waals surface area (Å²) in [5, 5.41) is 20.4. The number of hydrogen-bond donors (Lipinski definition) is 3. The summed E-state index contributed by atoms with van der Waals surface area (Å²) in [6.45, 7) is 4.10. The summed E-state index contributed by atoms with van der Waals surface area (Å²) in [4.78, 5) is 24.1. The van der Waals surface area contributed by atoms with E-state index in [-0.39, 0.29) is 32.9 Å². The van der Waals surface area contributed by atoms with Crippen molar-refractivity contribution in [3.05, 3.63) is 12.7 Å². The summed E-state index contributed by atoms with van der Waals surface area (Å²) in [6.07, 6.45) is 1.54. The largest absolute Gasteiger partial charge is 0.481 e. The monoisotopic (exact) mass is 258 g/mol. The lowest BCUT2D eigenvalue weighted by Gasteiger charge is -2.24. The summed E-state index contributed by atoms with van der Waals surface area (Å²) in [5.41, 5.74) is 0. The number of ether oxygens (including phenoxy) is 1. The van der Waals surface area contributed by atoms with E-state index < -0.39 is 24.0 Å². The number of amides is 2. The van der Waals surface area contributed by atoms with Crippen molar-refractivity contribution >= 4 is 12.0 Å². The number of carbonyl (C=O) groups excluding carboxylic acids is 1. The Bertz CT molecular complexity index is 321. The summed E-state index contributed by atoms with van der Waals surface area (Å²) in [6, 6.07) is -0.966. The molecule has 0 aromatic carbocycles. The molecule has 2 atom stereocenters. The number of carbonyl (C=O) groups is 2. The van der Waals surface area contributed by atoms with Crippen molar-refractivity contribution in [2.45, 2.75) is 6.04 Å². The first kappa shape index (κ1) is 14.5. The molecule has 0 radical (unpaired) electrons. The molecule has 0 aromatic rings. The van der Waals surface area contributed by atoms with Gasteiger partial charge in [0.25, 0.3) is 0 Å². The molecule has 0 spiro atoms. The van der Waals surface area contributed by atoms with Crippen LogP contribution in [0.15, 0.2) is 12.7 Å². The van der Waals surface area contributed by atoms with Crippen LogP contribution in [0, 0.1) is 5.92 Å². The van der Waals surface area contributed by atoms with E-state index >= 15 is 0 Å². The van der Waals surface area contributed by atoms with Gasteiger partial charge in [-0.2, -0.15) is 0 Å². The summed E-state index contributed by atoms with van der Waals surface area (Å²) in [7, 11) is 0. The lowest BCUT2D eigenvalue weighted by Crippen LogP contribution is -2.49. The van der Waals surface area contributed by atoms with Crippen molar-refractivity contribution in [2.75, 3.05) is 32.9 Å². The van der Waals surface area contributed by atoms with Crippen LogP contribution in [0.2, 0.25) is 0 Å². The molecule has 18 heavy (non-hydrogen) atoms. The molecule has 0 aromatic heterocycles. The molecular formula is C11H18N2O5. The average molecular weight is 258 g/mol. The van der Waals surface area contributed by atoms with E-state index in [1.807, 2.05) is 0 Å². The van der Waals surface area contributed by atoms with E-state index in [1.165, 1.54) is 11.0 Å². The van der Waals surface area contributed by atoms with E-state index in [0.29, 0.717) is 0 Å². The van der Waals surface area contributed by atoms with E-state index in [4.69, 9.17) is 14.9 Å². The normalized spacial score (nSPS) is 22.5. The van der Waals surface area contributed by atoms with Gasteiger partial charge in [-0.05, 0) is 0 Å². The number of hydrogen-bond acceptors (Lipinski definition) is 4. The van der Waals surface area contributed by atoms with E-state index in [9.17, 15) is 9.59 Å². The van der Waals surface area contributed by atoms with Gasteiger partial charge in [-0.25, -0.2) is 4.79 Å². The van der Waals surface area contributed by atoms with Gasteiger partial charge in [0.2, 0.25) is 0 Å². The second kappa shape index (κ2) is 6.97. The van der Waals surface area contributed by atoms with Crippen LogP contribution in [0.4, 0.5) is 4.79 Å². The lowest BCUT2D eigenvalue weighted by molar-refractivity contribution is -0.142. The predicted octanol–water partition coefficient (Wildman–Crippen LogP) is -0.724. The van der Waals surface area contributed by atoms with Crippen LogP contribution in [-0.4, -0.2) is 66.1 Å². The zero-order valence-electron chi connectivity index (χ0n) is 10.0. The average Bonchev–Trinajstić information content (AvgIpc) is 2.77. The van der Waals surface area contributed by atoms with Gasteiger partial charge in [-0.15, -0.1) is 6.58 Å². The van der Waals surface area contributed by atoms with Crippen LogP contribution in [-0.2, 0) is 9.53 Å².